The van der Waals surface area contributed by atoms with Crippen molar-refractivity contribution in [3.05, 3.63) is 35.4 Å². The van der Waals surface area contributed by atoms with Gasteiger partial charge in [-0.3, -0.25) is 4.79 Å². The molecule has 0 unspecified atom stereocenters. The Kier molecular flexibility index (Phi) is 5.34. The lowest BCUT2D eigenvalue weighted by molar-refractivity contribution is -0.145. The number of carbonyl (C=O) groups is 1. The van der Waals surface area contributed by atoms with Crippen LogP contribution >= 0.6 is 0 Å². The monoisotopic (exact) mass is 317 g/mol. The number of piperidine rings is 1. The van der Waals surface area contributed by atoms with Crippen LogP contribution in [0, 0.1) is 12.8 Å². The molecule has 3 rings (SSSR count). The average Bonchev–Trinajstić information content (AvgIpc) is 3.00. The van der Waals surface area contributed by atoms with E-state index in [1.54, 1.807) is 0 Å². The Balaban J connectivity index is 1.45. The largest absolute Gasteiger partial charge is 0.373 e. The molecule has 2 heterocycles. The molecule has 126 valence electrons. The van der Waals surface area contributed by atoms with Gasteiger partial charge in [0.25, 0.3) is 5.91 Å². The van der Waals surface area contributed by atoms with E-state index in [0.717, 1.165) is 32.4 Å². The number of amides is 1. The van der Waals surface area contributed by atoms with E-state index in [-0.39, 0.29) is 18.1 Å². The van der Waals surface area contributed by atoms with Crippen molar-refractivity contribution in [1.29, 1.82) is 0 Å². The van der Waals surface area contributed by atoms with Gasteiger partial charge in [0.2, 0.25) is 0 Å². The van der Waals surface area contributed by atoms with Gasteiger partial charge in [-0.25, -0.2) is 0 Å². The van der Waals surface area contributed by atoms with Crippen molar-refractivity contribution in [3.8, 4) is 0 Å². The molecule has 2 atom stereocenters. The fraction of sp³-hybridized carbons (Fsp3) is 0.632. The molecular weight excluding hydrogens is 290 g/mol. The predicted octanol–water partition coefficient (Wildman–Crippen LogP) is 2.93. The highest BCUT2D eigenvalue weighted by molar-refractivity contribution is 5.81. The number of aryl methyl sites for hydroxylation is 1. The minimum atomic E-state index is -0.223. The van der Waals surface area contributed by atoms with E-state index in [9.17, 15) is 4.79 Å². The number of hydrogen-bond acceptors (Lipinski definition) is 3. The summed E-state index contributed by atoms with van der Waals surface area (Å²) in [5.41, 5.74) is 2.52. The zero-order valence-electron chi connectivity index (χ0n) is 14.2. The van der Waals surface area contributed by atoms with E-state index >= 15 is 0 Å². The maximum absolute atomic E-state index is 12.5. The van der Waals surface area contributed by atoms with Crippen molar-refractivity contribution < 1.29 is 14.3 Å². The number of likely N-dealkylation sites (tertiary alicyclic amines) is 1. The number of nitrogens with zero attached hydrogens (tertiary/aromatic N) is 1. The Morgan fingerprint density at radius 3 is 2.65 bits per heavy atom. The van der Waals surface area contributed by atoms with Crippen LogP contribution in [-0.4, -0.2) is 42.7 Å². The molecule has 2 saturated heterocycles. The number of carbonyl (C=O) groups excluding carboxylic acids is 1. The standard InChI is InChI=1S/C19H27NO3/c1-14-5-3-4-6-16(14)13-23-17-7-10-20(11-8-17)19(21)18-15(2)9-12-22-18/h3-6,15,17-18H,7-13H2,1-2H3/t15-,18+/m0/s1. The van der Waals surface area contributed by atoms with Gasteiger partial charge in [-0.15, -0.1) is 0 Å². The van der Waals surface area contributed by atoms with Crippen molar-refractivity contribution in [1.82, 2.24) is 4.90 Å². The smallest absolute Gasteiger partial charge is 0.251 e. The van der Waals surface area contributed by atoms with Gasteiger partial charge in [-0.2, -0.15) is 0 Å². The summed E-state index contributed by atoms with van der Waals surface area (Å²) in [6.07, 6.45) is 2.85. The van der Waals surface area contributed by atoms with Crippen LogP contribution < -0.4 is 0 Å². The first-order valence-electron chi connectivity index (χ1n) is 8.71. The topological polar surface area (TPSA) is 38.8 Å². The van der Waals surface area contributed by atoms with E-state index in [1.807, 2.05) is 4.90 Å². The third kappa shape index (κ3) is 3.93. The normalized spacial score (nSPS) is 25.7. The molecule has 23 heavy (non-hydrogen) atoms. The van der Waals surface area contributed by atoms with Crippen molar-refractivity contribution >= 4 is 5.91 Å². The van der Waals surface area contributed by atoms with Crippen LogP contribution in [0.4, 0.5) is 0 Å². The van der Waals surface area contributed by atoms with Crippen LogP contribution in [0.15, 0.2) is 24.3 Å². The summed E-state index contributed by atoms with van der Waals surface area (Å²) in [7, 11) is 0. The summed E-state index contributed by atoms with van der Waals surface area (Å²) in [6.45, 7) is 7.16. The lowest BCUT2D eigenvalue weighted by Gasteiger charge is -2.34. The molecular formula is C19H27NO3. The molecule has 1 aromatic rings. The van der Waals surface area contributed by atoms with E-state index in [4.69, 9.17) is 9.47 Å². The molecule has 0 aliphatic carbocycles. The highest BCUT2D eigenvalue weighted by Gasteiger charge is 2.35. The molecule has 0 bridgehead atoms. The molecule has 2 aliphatic rings. The molecule has 0 N–H and O–H groups in total. The molecule has 4 heteroatoms. The number of rotatable bonds is 4. The Labute approximate surface area is 138 Å². The second-order valence-electron chi connectivity index (χ2n) is 6.82. The Bertz CT molecular complexity index is 537. The van der Waals surface area contributed by atoms with Crippen LogP contribution in [0.25, 0.3) is 0 Å². The first-order valence-corrected chi connectivity index (χ1v) is 8.71. The minimum Gasteiger partial charge on any atom is -0.373 e. The second kappa shape index (κ2) is 7.45. The summed E-state index contributed by atoms with van der Waals surface area (Å²) in [5.74, 6) is 0.518. The van der Waals surface area contributed by atoms with Crippen LogP contribution in [0.2, 0.25) is 0 Å². The number of ether oxygens (including phenoxy) is 2. The van der Waals surface area contributed by atoms with E-state index in [2.05, 4.69) is 38.1 Å². The van der Waals surface area contributed by atoms with Crippen LogP contribution in [0.3, 0.4) is 0 Å². The van der Waals surface area contributed by atoms with Crippen LogP contribution in [0.5, 0.6) is 0 Å². The molecule has 0 radical (unpaired) electrons. The Hall–Kier alpha value is -1.39. The molecule has 0 spiro atoms. The van der Waals surface area contributed by atoms with Crippen molar-refractivity contribution in [2.45, 2.75) is 51.9 Å². The summed E-state index contributed by atoms with van der Waals surface area (Å²) < 4.78 is 11.7. The van der Waals surface area contributed by atoms with Crippen LogP contribution in [-0.2, 0) is 20.9 Å². The maximum atomic E-state index is 12.5. The summed E-state index contributed by atoms with van der Waals surface area (Å²) in [6, 6.07) is 8.33. The Morgan fingerprint density at radius 2 is 2.00 bits per heavy atom. The van der Waals surface area contributed by atoms with Crippen molar-refractivity contribution in [3.63, 3.8) is 0 Å². The maximum Gasteiger partial charge on any atom is 0.251 e. The lowest BCUT2D eigenvalue weighted by Crippen LogP contribution is -2.46. The van der Waals surface area contributed by atoms with Gasteiger partial charge in [0.05, 0.1) is 12.7 Å². The fourth-order valence-corrected chi connectivity index (χ4v) is 3.41. The first-order chi connectivity index (χ1) is 11.1. The second-order valence-corrected chi connectivity index (χ2v) is 6.82. The van der Waals surface area contributed by atoms with Gasteiger partial charge in [-0.05, 0) is 43.2 Å². The van der Waals surface area contributed by atoms with Gasteiger partial charge >= 0.3 is 0 Å². The molecule has 0 aromatic heterocycles. The van der Waals surface area contributed by atoms with Gasteiger partial charge in [-0.1, -0.05) is 31.2 Å². The zero-order chi connectivity index (χ0) is 16.2. The summed E-state index contributed by atoms with van der Waals surface area (Å²) in [4.78, 5) is 14.5. The predicted molar refractivity (Wildman–Crippen MR) is 89.1 cm³/mol. The third-order valence-electron chi connectivity index (χ3n) is 5.12. The van der Waals surface area contributed by atoms with E-state index in [1.165, 1.54) is 11.1 Å². The SMILES string of the molecule is Cc1ccccc1COC1CCN(C(=O)[C@@H]2OCC[C@@H]2C)CC1. The average molecular weight is 317 g/mol. The fourth-order valence-electron chi connectivity index (χ4n) is 3.41. The van der Waals surface area contributed by atoms with E-state index in [0.29, 0.717) is 19.1 Å². The Morgan fingerprint density at radius 1 is 1.26 bits per heavy atom. The first kappa shape index (κ1) is 16.5. The quantitative estimate of drug-likeness (QED) is 0.857. The van der Waals surface area contributed by atoms with Crippen molar-refractivity contribution in [2.24, 2.45) is 5.92 Å². The minimum absolute atomic E-state index is 0.173. The molecule has 2 aliphatic heterocycles. The number of benzene rings is 1. The van der Waals surface area contributed by atoms with Gasteiger partial charge < -0.3 is 14.4 Å². The van der Waals surface area contributed by atoms with Gasteiger partial charge in [0.1, 0.15) is 6.10 Å². The molecule has 1 amide bonds. The van der Waals surface area contributed by atoms with Crippen LogP contribution in [0.1, 0.15) is 37.3 Å². The highest BCUT2D eigenvalue weighted by Crippen LogP contribution is 2.24. The zero-order valence-corrected chi connectivity index (χ0v) is 14.2. The number of hydrogen-bond donors (Lipinski definition) is 0. The molecule has 1 aromatic carbocycles. The molecule has 4 nitrogen and oxygen atoms in total. The molecule has 2 fully saturated rings. The van der Waals surface area contributed by atoms with Gasteiger partial charge in [0.15, 0.2) is 0 Å². The highest BCUT2D eigenvalue weighted by atomic mass is 16.5. The van der Waals surface area contributed by atoms with E-state index < -0.39 is 0 Å². The lowest BCUT2D eigenvalue weighted by atomic mass is 10.0. The van der Waals surface area contributed by atoms with Crippen molar-refractivity contribution in [2.75, 3.05) is 19.7 Å². The molecule has 0 saturated carbocycles. The third-order valence-corrected chi connectivity index (χ3v) is 5.12. The van der Waals surface area contributed by atoms with Gasteiger partial charge in [0, 0.05) is 19.7 Å². The summed E-state index contributed by atoms with van der Waals surface area (Å²) in [5, 5.41) is 0. The summed E-state index contributed by atoms with van der Waals surface area (Å²) >= 11 is 0.